The van der Waals surface area contributed by atoms with Crippen molar-refractivity contribution in [2.45, 2.75) is 25.6 Å². The summed E-state index contributed by atoms with van der Waals surface area (Å²) in [4.78, 5) is 2.38. The number of benzene rings is 1. The fourth-order valence-electron chi connectivity index (χ4n) is 2.42. The third kappa shape index (κ3) is 4.29. The van der Waals surface area contributed by atoms with Gasteiger partial charge in [0, 0.05) is 18.5 Å². The van der Waals surface area contributed by atoms with Crippen LogP contribution in [0.4, 0.5) is 0 Å². The van der Waals surface area contributed by atoms with Crippen molar-refractivity contribution in [3.63, 3.8) is 0 Å². The van der Waals surface area contributed by atoms with E-state index >= 15 is 0 Å². The molecule has 1 heterocycles. The molecular formula is C16H24ClNO2. The van der Waals surface area contributed by atoms with Crippen molar-refractivity contribution in [2.24, 2.45) is 5.92 Å². The predicted molar refractivity (Wildman–Crippen MR) is 83.0 cm³/mol. The number of ether oxygens (including phenoxy) is 2. The van der Waals surface area contributed by atoms with Crippen LogP contribution in [0.5, 0.6) is 11.5 Å². The summed E-state index contributed by atoms with van der Waals surface area (Å²) in [5, 5.41) is 0.263. The number of piperidine rings is 1. The van der Waals surface area contributed by atoms with Gasteiger partial charge < -0.3 is 9.47 Å². The second kappa shape index (κ2) is 7.75. The van der Waals surface area contributed by atoms with Crippen molar-refractivity contribution in [1.29, 1.82) is 0 Å². The molecule has 1 fully saturated rings. The zero-order valence-corrected chi connectivity index (χ0v) is 13.1. The first-order valence-electron chi connectivity index (χ1n) is 7.41. The summed E-state index contributed by atoms with van der Waals surface area (Å²) in [6.45, 7) is 8.51. The van der Waals surface area contributed by atoms with Gasteiger partial charge in [0.1, 0.15) is 6.61 Å². The van der Waals surface area contributed by atoms with E-state index in [1.807, 2.05) is 31.2 Å². The average Bonchev–Trinajstić information content (AvgIpc) is 2.45. The molecule has 0 amide bonds. The average molecular weight is 298 g/mol. The monoisotopic (exact) mass is 297 g/mol. The molecule has 1 saturated heterocycles. The molecule has 4 heteroatoms. The van der Waals surface area contributed by atoms with Crippen molar-refractivity contribution < 1.29 is 9.47 Å². The fourth-order valence-corrected chi connectivity index (χ4v) is 2.74. The molecule has 2 rings (SSSR count). The molecule has 0 N–H and O–H groups in total. The van der Waals surface area contributed by atoms with Gasteiger partial charge in [0.05, 0.1) is 6.61 Å². The van der Waals surface area contributed by atoms with Gasteiger partial charge in [-0.15, -0.1) is 11.6 Å². The predicted octanol–water partition coefficient (Wildman–Crippen LogP) is 3.41. The van der Waals surface area contributed by atoms with Gasteiger partial charge in [-0.25, -0.2) is 0 Å². The van der Waals surface area contributed by atoms with Gasteiger partial charge in [-0.1, -0.05) is 19.1 Å². The van der Waals surface area contributed by atoms with Crippen LogP contribution in [0.15, 0.2) is 24.3 Å². The minimum Gasteiger partial charge on any atom is -0.490 e. The maximum Gasteiger partial charge on any atom is 0.161 e. The molecule has 2 atom stereocenters. The van der Waals surface area contributed by atoms with E-state index < -0.39 is 0 Å². The number of alkyl halides is 1. The zero-order chi connectivity index (χ0) is 14.4. The highest BCUT2D eigenvalue weighted by Crippen LogP contribution is 2.26. The lowest BCUT2D eigenvalue weighted by Gasteiger charge is -2.33. The van der Waals surface area contributed by atoms with Crippen LogP contribution in [0.2, 0.25) is 0 Å². The molecule has 2 unspecified atom stereocenters. The van der Waals surface area contributed by atoms with Gasteiger partial charge in [-0.05, 0) is 37.9 Å². The lowest BCUT2D eigenvalue weighted by molar-refractivity contribution is 0.161. The maximum atomic E-state index is 6.32. The fraction of sp³-hybridized carbons (Fsp3) is 0.625. The molecule has 112 valence electrons. The van der Waals surface area contributed by atoms with E-state index in [0.29, 0.717) is 19.1 Å². The molecular weight excluding hydrogens is 274 g/mol. The molecule has 0 aromatic heterocycles. The number of rotatable bonds is 6. The van der Waals surface area contributed by atoms with E-state index in [4.69, 9.17) is 21.1 Å². The van der Waals surface area contributed by atoms with Gasteiger partial charge >= 0.3 is 0 Å². The first-order valence-corrected chi connectivity index (χ1v) is 7.85. The summed E-state index contributed by atoms with van der Waals surface area (Å²) in [5.41, 5.74) is 0. The number of nitrogens with zero attached hydrogens (tertiary/aromatic N) is 1. The molecule has 0 radical (unpaired) electrons. The summed E-state index contributed by atoms with van der Waals surface area (Å²) < 4.78 is 11.4. The Morgan fingerprint density at radius 3 is 2.60 bits per heavy atom. The van der Waals surface area contributed by atoms with Crippen molar-refractivity contribution in [2.75, 3.05) is 32.8 Å². The lowest BCUT2D eigenvalue weighted by atomic mass is 9.99. The molecule has 20 heavy (non-hydrogen) atoms. The summed E-state index contributed by atoms with van der Waals surface area (Å²) in [6.07, 6.45) is 1.17. The normalized spacial score (nSPS) is 23.6. The second-order valence-electron chi connectivity index (χ2n) is 5.31. The van der Waals surface area contributed by atoms with Gasteiger partial charge in [0.2, 0.25) is 0 Å². The number of hydrogen-bond donors (Lipinski definition) is 0. The Bertz CT molecular complexity index is 413. The van der Waals surface area contributed by atoms with E-state index in [2.05, 4.69) is 11.8 Å². The first kappa shape index (κ1) is 15.5. The third-order valence-electron chi connectivity index (χ3n) is 3.76. The molecule has 0 spiro atoms. The van der Waals surface area contributed by atoms with Crippen LogP contribution in [0.25, 0.3) is 0 Å². The smallest absolute Gasteiger partial charge is 0.161 e. The lowest BCUT2D eigenvalue weighted by Crippen LogP contribution is -2.42. The molecule has 0 bridgehead atoms. The molecule has 0 aliphatic carbocycles. The Morgan fingerprint density at radius 1 is 1.25 bits per heavy atom. The minimum atomic E-state index is 0.263. The van der Waals surface area contributed by atoms with Crippen molar-refractivity contribution >= 4 is 11.6 Å². The SMILES string of the molecule is CCOc1ccccc1OCCN1CCC(C)C(Cl)C1. The maximum absolute atomic E-state index is 6.32. The van der Waals surface area contributed by atoms with Crippen LogP contribution in [0.1, 0.15) is 20.3 Å². The highest BCUT2D eigenvalue weighted by Gasteiger charge is 2.23. The third-order valence-corrected chi connectivity index (χ3v) is 4.33. The van der Waals surface area contributed by atoms with Crippen LogP contribution in [0.3, 0.4) is 0 Å². The van der Waals surface area contributed by atoms with Crippen LogP contribution in [0, 0.1) is 5.92 Å². The van der Waals surface area contributed by atoms with E-state index in [-0.39, 0.29) is 5.38 Å². The minimum absolute atomic E-state index is 0.263. The van der Waals surface area contributed by atoms with Gasteiger partial charge in [-0.2, -0.15) is 0 Å². The van der Waals surface area contributed by atoms with E-state index in [0.717, 1.165) is 31.1 Å². The zero-order valence-electron chi connectivity index (χ0n) is 12.3. The summed E-state index contributed by atoms with van der Waals surface area (Å²) >= 11 is 6.32. The van der Waals surface area contributed by atoms with E-state index in [1.165, 1.54) is 6.42 Å². The molecule has 1 aliphatic heterocycles. The number of likely N-dealkylation sites (tertiary alicyclic amines) is 1. The quantitative estimate of drug-likeness (QED) is 0.751. The molecule has 1 aliphatic rings. The first-order chi connectivity index (χ1) is 9.70. The molecule has 0 saturated carbocycles. The van der Waals surface area contributed by atoms with E-state index in [1.54, 1.807) is 0 Å². The molecule has 3 nitrogen and oxygen atoms in total. The van der Waals surface area contributed by atoms with Crippen LogP contribution in [-0.4, -0.2) is 43.1 Å². The topological polar surface area (TPSA) is 21.7 Å². The van der Waals surface area contributed by atoms with Crippen LogP contribution in [-0.2, 0) is 0 Å². The number of para-hydroxylation sites is 2. The Morgan fingerprint density at radius 2 is 1.95 bits per heavy atom. The highest BCUT2D eigenvalue weighted by atomic mass is 35.5. The van der Waals surface area contributed by atoms with Crippen molar-refractivity contribution in [3.05, 3.63) is 24.3 Å². The second-order valence-corrected chi connectivity index (χ2v) is 5.87. The number of hydrogen-bond acceptors (Lipinski definition) is 3. The molecule has 1 aromatic rings. The van der Waals surface area contributed by atoms with Gasteiger partial charge in [0.25, 0.3) is 0 Å². The van der Waals surface area contributed by atoms with Crippen molar-refractivity contribution in [1.82, 2.24) is 4.90 Å². The summed E-state index contributed by atoms with van der Waals surface area (Å²) in [6, 6.07) is 7.82. The Kier molecular flexibility index (Phi) is 5.99. The summed E-state index contributed by atoms with van der Waals surface area (Å²) in [5.74, 6) is 2.26. The Hall–Kier alpha value is -0.930. The Balaban J connectivity index is 1.78. The van der Waals surface area contributed by atoms with Crippen LogP contribution < -0.4 is 9.47 Å². The molecule has 1 aromatic carbocycles. The van der Waals surface area contributed by atoms with Gasteiger partial charge in [-0.3, -0.25) is 4.90 Å². The number of halogens is 1. The largest absolute Gasteiger partial charge is 0.490 e. The Labute approximate surface area is 126 Å². The standard InChI is InChI=1S/C16H24ClNO2/c1-3-19-15-6-4-5-7-16(15)20-11-10-18-9-8-13(2)14(17)12-18/h4-7,13-14H,3,8-12H2,1-2H3. The van der Waals surface area contributed by atoms with E-state index in [9.17, 15) is 0 Å². The van der Waals surface area contributed by atoms with Gasteiger partial charge in [0.15, 0.2) is 11.5 Å². The van der Waals surface area contributed by atoms with Crippen molar-refractivity contribution in [3.8, 4) is 11.5 Å². The summed E-state index contributed by atoms with van der Waals surface area (Å²) in [7, 11) is 0. The highest BCUT2D eigenvalue weighted by molar-refractivity contribution is 6.21. The van der Waals surface area contributed by atoms with Crippen LogP contribution >= 0.6 is 11.6 Å².